The molecule has 34 heavy (non-hydrogen) atoms. The normalized spacial score (nSPS) is 19.3. The van der Waals surface area contributed by atoms with E-state index in [1.807, 2.05) is 36.4 Å². The molecule has 1 saturated heterocycles. The van der Waals surface area contributed by atoms with Crippen molar-refractivity contribution in [3.8, 4) is 11.8 Å². The second-order valence-electron chi connectivity index (χ2n) is 7.96. The Morgan fingerprint density at radius 3 is 2.53 bits per heavy atom. The summed E-state index contributed by atoms with van der Waals surface area (Å²) >= 11 is 0. The van der Waals surface area contributed by atoms with Crippen molar-refractivity contribution in [2.24, 2.45) is 0 Å². The van der Waals surface area contributed by atoms with Crippen LogP contribution in [-0.2, 0) is 29.2 Å². The van der Waals surface area contributed by atoms with Crippen LogP contribution in [0.25, 0.3) is 0 Å². The Labute approximate surface area is 194 Å². The van der Waals surface area contributed by atoms with Gasteiger partial charge in [0.05, 0.1) is 12.1 Å². The summed E-state index contributed by atoms with van der Waals surface area (Å²) in [5.74, 6) is -1.87. The Morgan fingerprint density at radius 1 is 1.18 bits per heavy atom. The van der Waals surface area contributed by atoms with Crippen LogP contribution in [0.4, 0.5) is 13.2 Å². The number of nitrogens with one attached hydrogen (secondary N) is 1. The zero-order chi connectivity index (χ0) is 24.7. The number of carbonyl (C=O) groups is 2. The number of nitrogens with zero attached hydrogens (tertiary/aromatic N) is 2. The van der Waals surface area contributed by atoms with Gasteiger partial charge in [0, 0.05) is 13.1 Å². The molecule has 180 valence electrons. The molecule has 2 aromatic carbocycles. The van der Waals surface area contributed by atoms with Crippen molar-refractivity contribution in [3.63, 3.8) is 0 Å². The molecule has 0 saturated carbocycles. The van der Waals surface area contributed by atoms with Crippen LogP contribution < -0.4 is 10.1 Å². The van der Waals surface area contributed by atoms with E-state index in [0.29, 0.717) is 26.1 Å². The van der Waals surface area contributed by atoms with E-state index in [0.717, 1.165) is 24.2 Å². The number of likely N-dealkylation sites (tertiary alicyclic amines) is 1. The number of hydrogen-bond acceptors (Lipinski definition) is 5. The summed E-state index contributed by atoms with van der Waals surface area (Å²) < 4.78 is 37.6. The summed E-state index contributed by atoms with van der Waals surface area (Å²) in [6, 6.07) is 17.9. The van der Waals surface area contributed by atoms with Gasteiger partial charge >= 0.3 is 12.1 Å². The van der Waals surface area contributed by atoms with E-state index in [1.54, 1.807) is 4.90 Å². The van der Waals surface area contributed by atoms with E-state index >= 15 is 0 Å². The van der Waals surface area contributed by atoms with Crippen LogP contribution in [0.3, 0.4) is 0 Å². The number of fused-ring (bicyclic) bond motifs is 1. The summed E-state index contributed by atoms with van der Waals surface area (Å²) in [6.07, 6.45) is -2.73. The summed E-state index contributed by atoms with van der Waals surface area (Å²) in [5, 5.41) is 19.7. The lowest BCUT2D eigenvalue weighted by molar-refractivity contribution is -0.192. The maximum Gasteiger partial charge on any atom is 0.490 e. The minimum Gasteiger partial charge on any atom is -0.489 e. The minimum absolute atomic E-state index is 0.0501. The Bertz CT molecular complexity index is 1050. The van der Waals surface area contributed by atoms with Gasteiger partial charge in [-0.1, -0.05) is 36.4 Å². The molecule has 0 unspecified atom stereocenters. The molecule has 0 aromatic heterocycles. The van der Waals surface area contributed by atoms with Crippen molar-refractivity contribution in [3.05, 3.63) is 65.2 Å². The van der Waals surface area contributed by atoms with Crippen LogP contribution in [0.1, 0.15) is 29.5 Å². The molecule has 10 heteroatoms. The first-order valence-corrected chi connectivity index (χ1v) is 10.7. The lowest BCUT2D eigenvalue weighted by atomic mass is 9.94. The van der Waals surface area contributed by atoms with Gasteiger partial charge in [-0.2, -0.15) is 18.4 Å². The molecule has 2 aromatic rings. The van der Waals surface area contributed by atoms with Crippen LogP contribution in [0, 0.1) is 11.3 Å². The predicted octanol–water partition coefficient (Wildman–Crippen LogP) is 3.43. The molecule has 1 amide bonds. The van der Waals surface area contributed by atoms with E-state index in [1.165, 1.54) is 11.1 Å². The molecular weight excluding hydrogens is 451 g/mol. The maximum atomic E-state index is 12.8. The molecule has 2 atom stereocenters. The number of carboxylic acid groups (broad SMARTS) is 1. The number of carbonyl (C=O) groups excluding carboxylic acids is 1. The summed E-state index contributed by atoms with van der Waals surface area (Å²) in [4.78, 5) is 23.4. The van der Waals surface area contributed by atoms with Gasteiger partial charge in [0.1, 0.15) is 18.4 Å². The number of benzene rings is 2. The molecule has 0 aliphatic carbocycles. The van der Waals surface area contributed by atoms with Crippen LogP contribution in [-0.4, -0.2) is 46.7 Å². The van der Waals surface area contributed by atoms with E-state index in [9.17, 15) is 23.2 Å². The first-order chi connectivity index (χ1) is 16.2. The van der Waals surface area contributed by atoms with Crippen molar-refractivity contribution in [2.45, 2.75) is 50.7 Å². The number of aliphatic carboxylic acids is 1. The lowest BCUT2D eigenvalue weighted by Crippen LogP contribution is -2.50. The quantitative estimate of drug-likeness (QED) is 0.703. The number of amides is 1. The van der Waals surface area contributed by atoms with Crippen LogP contribution in [0.2, 0.25) is 0 Å². The number of ether oxygens (including phenoxy) is 1. The molecule has 4 rings (SSSR count). The van der Waals surface area contributed by atoms with Crippen molar-refractivity contribution < 1.29 is 32.6 Å². The zero-order valence-corrected chi connectivity index (χ0v) is 18.2. The number of hydrogen-bond donors (Lipinski definition) is 2. The Hall–Kier alpha value is -3.58. The van der Waals surface area contributed by atoms with Gasteiger partial charge in [0.15, 0.2) is 0 Å². The third kappa shape index (κ3) is 6.48. The number of carboxylic acids is 1. The van der Waals surface area contributed by atoms with Crippen molar-refractivity contribution >= 4 is 11.9 Å². The third-order valence-corrected chi connectivity index (χ3v) is 5.61. The van der Waals surface area contributed by atoms with E-state index in [2.05, 4.69) is 23.5 Å². The molecule has 2 heterocycles. The standard InChI is InChI=1S/C22H23N3O2.C2HF3O2/c23-13-19-7-4-10-25(19)22(26)21-12-17-8-9-20(11-18(17)14-24-21)27-15-16-5-2-1-3-6-16;3-2(4,5)1(6)7/h1-3,5-6,8-9,11,19,21,24H,4,7,10,12,14-15H2;(H,6,7)/t19-,21-;/m0./s1. The first-order valence-electron chi connectivity index (χ1n) is 10.7. The van der Waals surface area contributed by atoms with Gasteiger partial charge < -0.3 is 20.1 Å². The number of rotatable bonds is 4. The van der Waals surface area contributed by atoms with E-state index in [4.69, 9.17) is 14.6 Å². The summed E-state index contributed by atoms with van der Waals surface area (Å²) in [5.41, 5.74) is 3.48. The third-order valence-electron chi connectivity index (χ3n) is 5.61. The second kappa shape index (κ2) is 11.0. The highest BCUT2D eigenvalue weighted by molar-refractivity contribution is 5.83. The van der Waals surface area contributed by atoms with Crippen molar-refractivity contribution in [2.75, 3.05) is 6.54 Å². The molecule has 2 aliphatic heterocycles. The Kier molecular flexibility index (Phi) is 8.12. The average Bonchev–Trinajstić information content (AvgIpc) is 3.31. The summed E-state index contributed by atoms with van der Waals surface area (Å²) in [6.45, 7) is 1.87. The topological polar surface area (TPSA) is 103 Å². The van der Waals surface area contributed by atoms with Gasteiger partial charge in [-0.05, 0) is 48.1 Å². The van der Waals surface area contributed by atoms with Crippen LogP contribution in [0.15, 0.2) is 48.5 Å². The average molecular weight is 475 g/mol. The van der Waals surface area contributed by atoms with Gasteiger partial charge in [0.2, 0.25) is 5.91 Å². The number of alkyl halides is 3. The van der Waals surface area contributed by atoms with Crippen molar-refractivity contribution in [1.29, 1.82) is 5.26 Å². The van der Waals surface area contributed by atoms with Gasteiger partial charge in [-0.25, -0.2) is 4.79 Å². The molecule has 0 bridgehead atoms. The molecule has 1 fully saturated rings. The Morgan fingerprint density at radius 2 is 1.88 bits per heavy atom. The molecule has 0 radical (unpaired) electrons. The van der Waals surface area contributed by atoms with E-state index < -0.39 is 12.1 Å². The minimum atomic E-state index is -5.08. The molecule has 0 spiro atoms. The van der Waals surface area contributed by atoms with Crippen molar-refractivity contribution in [1.82, 2.24) is 10.2 Å². The highest BCUT2D eigenvalue weighted by Gasteiger charge is 2.38. The Balaban J connectivity index is 0.000000406. The SMILES string of the molecule is N#C[C@@H]1CCCN1C(=O)[C@@H]1Cc2ccc(OCc3ccccc3)cc2CN1.O=C(O)C(F)(F)F. The number of nitriles is 1. The molecular formula is C24H24F3N3O4. The predicted molar refractivity (Wildman–Crippen MR) is 116 cm³/mol. The fraction of sp³-hybridized carbons (Fsp3) is 0.375. The highest BCUT2D eigenvalue weighted by Crippen LogP contribution is 2.25. The van der Waals surface area contributed by atoms with Gasteiger partial charge in [0.25, 0.3) is 0 Å². The fourth-order valence-electron chi connectivity index (χ4n) is 3.86. The zero-order valence-electron chi connectivity index (χ0n) is 18.2. The lowest BCUT2D eigenvalue weighted by Gasteiger charge is -2.30. The first kappa shape index (κ1) is 25.1. The maximum absolute atomic E-state index is 12.8. The van der Waals surface area contributed by atoms with Gasteiger partial charge in [-0.3, -0.25) is 4.79 Å². The smallest absolute Gasteiger partial charge is 0.489 e. The highest BCUT2D eigenvalue weighted by atomic mass is 19.4. The molecule has 7 nitrogen and oxygen atoms in total. The monoisotopic (exact) mass is 475 g/mol. The largest absolute Gasteiger partial charge is 0.490 e. The molecule has 2 aliphatic rings. The van der Waals surface area contributed by atoms with E-state index in [-0.39, 0.29) is 18.0 Å². The molecule has 2 N–H and O–H groups in total. The van der Waals surface area contributed by atoms with Gasteiger partial charge in [-0.15, -0.1) is 0 Å². The second-order valence-corrected chi connectivity index (χ2v) is 7.96. The fourth-order valence-corrected chi connectivity index (χ4v) is 3.86. The number of halogens is 3. The van der Waals surface area contributed by atoms with Crippen LogP contribution >= 0.6 is 0 Å². The van der Waals surface area contributed by atoms with Crippen LogP contribution in [0.5, 0.6) is 5.75 Å². The summed E-state index contributed by atoms with van der Waals surface area (Å²) in [7, 11) is 0.